The molecule has 2 rings (SSSR count). The summed E-state index contributed by atoms with van der Waals surface area (Å²) >= 11 is 0. The number of hydrogen-bond acceptors (Lipinski definition) is 3. The standard InChI is InChI=1S/C14H20FN3O.2ClH/c1-11(18-8-6-16-7-9-18)14(19)17-10-12-4-2-3-5-13(12)15;;/h2-5,11,16H,6-10H2,1H3,(H,17,19);2*1H. The van der Waals surface area contributed by atoms with Crippen LogP contribution in [0.25, 0.3) is 0 Å². The molecule has 0 bridgehead atoms. The van der Waals surface area contributed by atoms with Gasteiger partial charge in [0, 0.05) is 38.3 Å². The Morgan fingerprint density at radius 2 is 1.95 bits per heavy atom. The molecule has 1 aliphatic heterocycles. The zero-order valence-electron chi connectivity index (χ0n) is 12.0. The summed E-state index contributed by atoms with van der Waals surface area (Å²) in [5.41, 5.74) is 0.517. The van der Waals surface area contributed by atoms with Gasteiger partial charge in [-0.3, -0.25) is 9.69 Å². The van der Waals surface area contributed by atoms with E-state index in [2.05, 4.69) is 15.5 Å². The van der Waals surface area contributed by atoms with Gasteiger partial charge >= 0.3 is 0 Å². The fourth-order valence-electron chi connectivity index (χ4n) is 2.21. The number of halogens is 3. The summed E-state index contributed by atoms with van der Waals surface area (Å²) in [6.07, 6.45) is 0. The summed E-state index contributed by atoms with van der Waals surface area (Å²) in [5, 5.41) is 6.05. The summed E-state index contributed by atoms with van der Waals surface area (Å²) in [6, 6.07) is 6.33. The number of carbonyl (C=O) groups excluding carboxylic acids is 1. The minimum atomic E-state index is -0.280. The van der Waals surface area contributed by atoms with Crippen molar-refractivity contribution in [2.24, 2.45) is 0 Å². The summed E-state index contributed by atoms with van der Waals surface area (Å²) in [4.78, 5) is 14.2. The van der Waals surface area contributed by atoms with Crippen molar-refractivity contribution in [2.75, 3.05) is 26.2 Å². The summed E-state index contributed by atoms with van der Waals surface area (Å²) < 4.78 is 13.4. The van der Waals surface area contributed by atoms with Gasteiger partial charge in [-0.15, -0.1) is 24.8 Å². The van der Waals surface area contributed by atoms with Crippen LogP contribution in [-0.2, 0) is 11.3 Å². The lowest BCUT2D eigenvalue weighted by atomic mass is 10.2. The smallest absolute Gasteiger partial charge is 0.237 e. The van der Waals surface area contributed by atoms with E-state index in [0.717, 1.165) is 26.2 Å². The Labute approximate surface area is 137 Å². The number of nitrogens with one attached hydrogen (secondary N) is 2. The number of piperazine rings is 1. The van der Waals surface area contributed by atoms with Gasteiger partial charge in [-0.1, -0.05) is 18.2 Å². The van der Waals surface area contributed by atoms with Gasteiger partial charge < -0.3 is 10.6 Å². The molecular formula is C14H22Cl2FN3O. The first kappa shape index (κ1) is 20.1. The highest BCUT2D eigenvalue weighted by Crippen LogP contribution is 2.06. The first-order valence-electron chi connectivity index (χ1n) is 6.64. The molecular weight excluding hydrogens is 316 g/mol. The van der Waals surface area contributed by atoms with Crippen molar-refractivity contribution < 1.29 is 9.18 Å². The second kappa shape index (κ2) is 9.95. The van der Waals surface area contributed by atoms with E-state index in [1.807, 2.05) is 6.92 Å². The van der Waals surface area contributed by atoms with Crippen LogP contribution in [0.1, 0.15) is 12.5 Å². The fraction of sp³-hybridized carbons (Fsp3) is 0.500. The van der Waals surface area contributed by atoms with Crippen molar-refractivity contribution >= 4 is 30.7 Å². The van der Waals surface area contributed by atoms with E-state index in [0.29, 0.717) is 5.56 Å². The molecule has 1 fully saturated rings. The molecule has 1 amide bonds. The lowest BCUT2D eigenvalue weighted by Crippen LogP contribution is -2.52. The monoisotopic (exact) mass is 337 g/mol. The SMILES string of the molecule is CC(C(=O)NCc1ccccc1F)N1CCNCC1.Cl.Cl. The predicted molar refractivity (Wildman–Crippen MR) is 86.6 cm³/mol. The second-order valence-electron chi connectivity index (χ2n) is 4.77. The maximum atomic E-state index is 13.4. The second-order valence-corrected chi connectivity index (χ2v) is 4.77. The normalized spacial score (nSPS) is 16.3. The maximum Gasteiger partial charge on any atom is 0.237 e. The molecule has 4 nitrogen and oxygen atoms in total. The lowest BCUT2D eigenvalue weighted by molar-refractivity contribution is -0.126. The van der Waals surface area contributed by atoms with E-state index in [-0.39, 0.29) is 49.1 Å². The van der Waals surface area contributed by atoms with E-state index in [9.17, 15) is 9.18 Å². The minimum Gasteiger partial charge on any atom is -0.351 e. The first-order chi connectivity index (χ1) is 9.18. The third-order valence-corrected chi connectivity index (χ3v) is 3.49. The van der Waals surface area contributed by atoms with Crippen LogP contribution in [0.5, 0.6) is 0 Å². The number of amides is 1. The lowest BCUT2D eigenvalue weighted by Gasteiger charge is -2.31. The van der Waals surface area contributed by atoms with E-state index in [4.69, 9.17) is 0 Å². The number of benzene rings is 1. The molecule has 21 heavy (non-hydrogen) atoms. The average molecular weight is 338 g/mol. The van der Waals surface area contributed by atoms with Gasteiger partial charge in [-0.2, -0.15) is 0 Å². The van der Waals surface area contributed by atoms with Crippen LogP contribution in [0, 0.1) is 5.82 Å². The Hall–Kier alpha value is -0.880. The molecule has 0 saturated carbocycles. The number of carbonyl (C=O) groups is 1. The molecule has 0 radical (unpaired) electrons. The Morgan fingerprint density at radius 3 is 2.57 bits per heavy atom. The van der Waals surface area contributed by atoms with Crippen molar-refractivity contribution in [1.82, 2.24) is 15.5 Å². The highest BCUT2D eigenvalue weighted by Gasteiger charge is 2.22. The van der Waals surface area contributed by atoms with Crippen molar-refractivity contribution in [3.8, 4) is 0 Å². The summed E-state index contributed by atoms with van der Waals surface area (Å²) in [5.74, 6) is -0.331. The first-order valence-corrected chi connectivity index (χ1v) is 6.64. The van der Waals surface area contributed by atoms with Crippen molar-refractivity contribution in [1.29, 1.82) is 0 Å². The highest BCUT2D eigenvalue weighted by atomic mass is 35.5. The third kappa shape index (κ3) is 5.79. The maximum absolute atomic E-state index is 13.4. The van der Waals surface area contributed by atoms with Gasteiger partial charge in [0.2, 0.25) is 5.91 Å². The Bertz CT molecular complexity index is 442. The van der Waals surface area contributed by atoms with Gasteiger partial charge in [0.1, 0.15) is 5.82 Å². The molecule has 1 unspecified atom stereocenters. The van der Waals surface area contributed by atoms with Crippen LogP contribution in [0.4, 0.5) is 4.39 Å². The molecule has 2 N–H and O–H groups in total. The predicted octanol–water partition coefficient (Wildman–Crippen LogP) is 1.58. The largest absolute Gasteiger partial charge is 0.351 e. The van der Waals surface area contributed by atoms with Crippen LogP contribution < -0.4 is 10.6 Å². The van der Waals surface area contributed by atoms with Crippen molar-refractivity contribution in [3.05, 3.63) is 35.6 Å². The van der Waals surface area contributed by atoms with Gasteiger partial charge in [0.25, 0.3) is 0 Å². The molecule has 0 aromatic heterocycles. The molecule has 0 aliphatic carbocycles. The Kier molecular flexibility index (Phi) is 9.53. The van der Waals surface area contributed by atoms with Crippen molar-refractivity contribution in [2.45, 2.75) is 19.5 Å². The number of hydrogen-bond donors (Lipinski definition) is 2. The topological polar surface area (TPSA) is 44.4 Å². The quantitative estimate of drug-likeness (QED) is 0.876. The minimum absolute atomic E-state index is 0. The van der Waals surface area contributed by atoms with E-state index in [1.165, 1.54) is 6.07 Å². The van der Waals surface area contributed by atoms with Crippen LogP contribution in [0.15, 0.2) is 24.3 Å². The molecule has 1 atom stereocenters. The van der Waals surface area contributed by atoms with Gasteiger partial charge in [0.05, 0.1) is 6.04 Å². The molecule has 1 saturated heterocycles. The summed E-state index contributed by atoms with van der Waals surface area (Å²) in [6.45, 7) is 5.68. The zero-order valence-corrected chi connectivity index (χ0v) is 13.6. The third-order valence-electron chi connectivity index (χ3n) is 3.49. The van der Waals surface area contributed by atoms with Crippen LogP contribution in [0.3, 0.4) is 0 Å². The highest BCUT2D eigenvalue weighted by molar-refractivity contribution is 5.85. The molecule has 120 valence electrons. The van der Waals surface area contributed by atoms with Crippen molar-refractivity contribution in [3.63, 3.8) is 0 Å². The molecule has 1 heterocycles. The van der Waals surface area contributed by atoms with E-state index >= 15 is 0 Å². The molecule has 7 heteroatoms. The zero-order chi connectivity index (χ0) is 13.7. The van der Waals surface area contributed by atoms with Gasteiger partial charge in [-0.05, 0) is 13.0 Å². The van der Waals surface area contributed by atoms with Crippen LogP contribution in [-0.4, -0.2) is 43.0 Å². The van der Waals surface area contributed by atoms with E-state index < -0.39 is 0 Å². The Morgan fingerprint density at radius 1 is 1.33 bits per heavy atom. The van der Waals surface area contributed by atoms with E-state index in [1.54, 1.807) is 18.2 Å². The fourth-order valence-corrected chi connectivity index (χ4v) is 2.21. The Balaban J connectivity index is 0.00000200. The van der Waals surface area contributed by atoms with Crippen LogP contribution in [0.2, 0.25) is 0 Å². The molecule has 1 aromatic carbocycles. The van der Waals surface area contributed by atoms with Gasteiger partial charge in [0.15, 0.2) is 0 Å². The summed E-state index contributed by atoms with van der Waals surface area (Å²) in [7, 11) is 0. The van der Waals surface area contributed by atoms with Crippen LogP contribution >= 0.6 is 24.8 Å². The molecule has 0 spiro atoms. The average Bonchev–Trinajstić information content (AvgIpc) is 2.46. The molecule has 1 aromatic rings. The van der Waals surface area contributed by atoms with Gasteiger partial charge in [-0.25, -0.2) is 4.39 Å². The number of nitrogens with zero attached hydrogens (tertiary/aromatic N) is 1. The number of rotatable bonds is 4. The molecule has 1 aliphatic rings.